The van der Waals surface area contributed by atoms with E-state index in [4.69, 9.17) is 5.73 Å². The third-order valence-electron chi connectivity index (χ3n) is 1.77. The molecular weight excluding hydrogens is 124 g/mol. The second-order valence-corrected chi connectivity index (χ2v) is 2.84. The minimum absolute atomic E-state index is 0.394. The third-order valence-corrected chi connectivity index (χ3v) is 1.77. The molecule has 0 aromatic heterocycles. The summed E-state index contributed by atoms with van der Waals surface area (Å²) >= 11 is 0. The van der Waals surface area contributed by atoms with Gasteiger partial charge in [-0.25, -0.2) is 0 Å². The van der Waals surface area contributed by atoms with Crippen LogP contribution in [0.3, 0.4) is 0 Å². The second kappa shape index (κ2) is 4.09. The molecule has 2 nitrogen and oxygen atoms in total. The van der Waals surface area contributed by atoms with Crippen molar-refractivity contribution in [1.29, 1.82) is 0 Å². The maximum absolute atomic E-state index is 5.66. The highest BCUT2D eigenvalue weighted by Crippen LogP contribution is 2.14. The van der Waals surface area contributed by atoms with Gasteiger partial charge in [0.05, 0.1) is 0 Å². The summed E-state index contributed by atoms with van der Waals surface area (Å²) in [5.41, 5.74) is 6.47. The van der Waals surface area contributed by atoms with Crippen molar-refractivity contribution in [3.63, 3.8) is 0 Å². The smallest absolute Gasteiger partial charge is 0.0451 e. The largest absolute Gasteiger partial charge is 0.401 e. The van der Waals surface area contributed by atoms with Crippen LogP contribution >= 0.6 is 0 Å². The molecule has 58 valence electrons. The topological polar surface area (TPSA) is 38.4 Å². The molecule has 0 aromatic carbocycles. The van der Waals surface area contributed by atoms with E-state index in [9.17, 15) is 0 Å². The molecule has 0 aliphatic carbocycles. The van der Waals surface area contributed by atoms with Crippen LogP contribution in [-0.2, 0) is 0 Å². The number of hydrogen-bond donors (Lipinski definition) is 1. The Labute approximate surface area is 62.8 Å². The molecule has 10 heavy (non-hydrogen) atoms. The van der Waals surface area contributed by atoms with Crippen LogP contribution in [0.4, 0.5) is 0 Å². The molecule has 0 aliphatic rings. The van der Waals surface area contributed by atoms with Crippen molar-refractivity contribution in [2.24, 2.45) is 22.6 Å². The van der Waals surface area contributed by atoms with Gasteiger partial charge in [-0.2, -0.15) is 0 Å². The lowest BCUT2D eigenvalue weighted by molar-refractivity contribution is 0.475. The molecule has 0 rings (SSSR count). The summed E-state index contributed by atoms with van der Waals surface area (Å²) in [6, 6.07) is 0. The van der Waals surface area contributed by atoms with E-state index < -0.39 is 0 Å². The number of nitrogens with zero attached hydrogens (tertiary/aromatic N) is 1. The van der Waals surface area contributed by atoms with Crippen molar-refractivity contribution in [3.05, 3.63) is 11.9 Å². The SMILES string of the molecule is C=N/C=C(/N)[C@H](C)C(C)C. The van der Waals surface area contributed by atoms with Crippen LogP contribution in [0.1, 0.15) is 20.8 Å². The first kappa shape index (κ1) is 9.21. The lowest BCUT2D eigenvalue weighted by atomic mass is 9.95. The van der Waals surface area contributed by atoms with Gasteiger partial charge in [0.25, 0.3) is 0 Å². The molecule has 0 amide bonds. The Morgan fingerprint density at radius 3 is 2.30 bits per heavy atom. The van der Waals surface area contributed by atoms with Crippen molar-refractivity contribution >= 4 is 6.72 Å². The first-order chi connectivity index (χ1) is 4.59. The van der Waals surface area contributed by atoms with Crippen LogP contribution < -0.4 is 5.73 Å². The van der Waals surface area contributed by atoms with Gasteiger partial charge in [0.15, 0.2) is 0 Å². The molecule has 0 radical (unpaired) electrons. The highest BCUT2D eigenvalue weighted by atomic mass is 14.7. The van der Waals surface area contributed by atoms with Gasteiger partial charge in [0.1, 0.15) is 0 Å². The molecule has 0 spiro atoms. The standard InChI is InChI=1S/C8H16N2/c1-6(2)7(3)8(9)5-10-4/h5-7H,4,9H2,1-3H3/b8-5+/t7-/m1/s1. The summed E-state index contributed by atoms with van der Waals surface area (Å²) < 4.78 is 0. The number of rotatable bonds is 3. The van der Waals surface area contributed by atoms with Crippen molar-refractivity contribution in [2.45, 2.75) is 20.8 Å². The van der Waals surface area contributed by atoms with Crippen molar-refractivity contribution < 1.29 is 0 Å². The maximum atomic E-state index is 5.66. The van der Waals surface area contributed by atoms with Crippen LogP contribution in [0.15, 0.2) is 16.9 Å². The van der Waals surface area contributed by atoms with Crippen LogP contribution in [0.25, 0.3) is 0 Å². The van der Waals surface area contributed by atoms with Crippen molar-refractivity contribution in [1.82, 2.24) is 0 Å². The Balaban J connectivity index is 4.06. The zero-order chi connectivity index (χ0) is 8.15. The van der Waals surface area contributed by atoms with Gasteiger partial charge in [0.2, 0.25) is 0 Å². The van der Waals surface area contributed by atoms with Gasteiger partial charge in [0, 0.05) is 11.9 Å². The fourth-order valence-electron chi connectivity index (χ4n) is 0.608. The summed E-state index contributed by atoms with van der Waals surface area (Å²) in [5, 5.41) is 0. The number of allylic oxidation sites excluding steroid dienone is 1. The van der Waals surface area contributed by atoms with E-state index in [2.05, 4.69) is 32.5 Å². The van der Waals surface area contributed by atoms with E-state index in [1.165, 1.54) is 0 Å². The van der Waals surface area contributed by atoms with Crippen LogP contribution in [0.2, 0.25) is 0 Å². The number of hydrogen-bond acceptors (Lipinski definition) is 2. The van der Waals surface area contributed by atoms with Gasteiger partial charge in [-0.15, -0.1) is 0 Å². The number of aliphatic imine (C=N–C) groups is 1. The fourth-order valence-corrected chi connectivity index (χ4v) is 0.608. The maximum Gasteiger partial charge on any atom is 0.0451 e. The Bertz CT molecular complexity index is 136. The highest BCUT2D eigenvalue weighted by Gasteiger charge is 2.08. The van der Waals surface area contributed by atoms with Crippen LogP contribution in [0, 0.1) is 11.8 Å². The van der Waals surface area contributed by atoms with Crippen molar-refractivity contribution in [2.75, 3.05) is 0 Å². The highest BCUT2D eigenvalue weighted by molar-refractivity contribution is 5.26. The van der Waals surface area contributed by atoms with Gasteiger partial charge in [-0.3, -0.25) is 4.99 Å². The second-order valence-electron chi connectivity index (χ2n) is 2.84. The van der Waals surface area contributed by atoms with Gasteiger partial charge in [-0.1, -0.05) is 20.8 Å². The molecule has 0 fully saturated rings. The molecule has 0 aromatic rings. The van der Waals surface area contributed by atoms with Crippen LogP contribution in [-0.4, -0.2) is 6.72 Å². The monoisotopic (exact) mass is 140 g/mol. The van der Waals surface area contributed by atoms with Crippen LogP contribution in [0.5, 0.6) is 0 Å². The van der Waals surface area contributed by atoms with E-state index in [-0.39, 0.29) is 0 Å². The van der Waals surface area contributed by atoms with E-state index in [0.717, 1.165) is 5.70 Å². The Morgan fingerprint density at radius 1 is 1.50 bits per heavy atom. The van der Waals surface area contributed by atoms with Gasteiger partial charge in [-0.05, 0) is 18.6 Å². The summed E-state index contributed by atoms with van der Waals surface area (Å²) in [5.74, 6) is 0.962. The summed E-state index contributed by atoms with van der Waals surface area (Å²) in [6.07, 6.45) is 1.62. The Morgan fingerprint density at radius 2 is 2.00 bits per heavy atom. The summed E-state index contributed by atoms with van der Waals surface area (Å²) in [6.45, 7) is 9.69. The van der Waals surface area contributed by atoms with E-state index >= 15 is 0 Å². The summed E-state index contributed by atoms with van der Waals surface area (Å²) in [7, 11) is 0. The first-order valence-corrected chi connectivity index (χ1v) is 3.51. The zero-order valence-corrected chi connectivity index (χ0v) is 6.96. The molecule has 0 unspecified atom stereocenters. The molecule has 0 aliphatic heterocycles. The molecule has 1 atom stereocenters. The minimum Gasteiger partial charge on any atom is -0.401 e. The lowest BCUT2D eigenvalue weighted by Gasteiger charge is -2.14. The average Bonchev–Trinajstić information content (AvgIpc) is 1.87. The average molecular weight is 140 g/mol. The fraction of sp³-hybridized carbons (Fsp3) is 0.625. The predicted molar refractivity (Wildman–Crippen MR) is 45.8 cm³/mol. The van der Waals surface area contributed by atoms with E-state index in [0.29, 0.717) is 11.8 Å². The summed E-state index contributed by atoms with van der Waals surface area (Å²) in [4.78, 5) is 3.60. The Hall–Kier alpha value is -0.790. The van der Waals surface area contributed by atoms with Gasteiger partial charge < -0.3 is 5.73 Å². The molecule has 2 heteroatoms. The normalized spacial score (nSPS) is 15.4. The molecule has 2 N–H and O–H groups in total. The predicted octanol–water partition coefficient (Wildman–Crippen LogP) is 1.78. The van der Waals surface area contributed by atoms with E-state index in [1.807, 2.05) is 0 Å². The molecule has 0 heterocycles. The molecule has 0 saturated carbocycles. The number of nitrogens with two attached hydrogens (primary N) is 1. The molecule has 0 saturated heterocycles. The first-order valence-electron chi connectivity index (χ1n) is 3.51. The molecule has 0 bridgehead atoms. The third kappa shape index (κ3) is 2.67. The van der Waals surface area contributed by atoms with E-state index in [1.54, 1.807) is 6.20 Å². The zero-order valence-electron chi connectivity index (χ0n) is 6.96. The molecular formula is C8H16N2. The van der Waals surface area contributed by atoms with Crippen molar-refractivity contribution in [3.8, 4) is 0 Å². The lowest BCUT2D eigenvalue weighted by Crippen LogP contribution is -2.13. The Kier molecular flexibility index (Phi) is 3.77. The van der Waals surface area contributed by atoms with Gasteiger partial charge >= 0.3 is 0 Å². The minimum atomic E-state index is 0.394. The quantitative estimate of drug-likeness (QED) is 0.596.